The molecular formula is C20H27N3. The lowest BCUT2D eigenvalue weighted by Crippen LogP contribution is -2.29. The summed E-state index contributed by atoms with van der Waals surface area (Å²) in [6.07, 6.45) is 4.10. The summed E-state index contributed by atoms with van der Waals surface area (Å²) < 4.78 is 0. The first-order valence-corrected chi connectivity index (χ1v) is 8.65. The number of hydrogen-bond acceptors (Lipinski definition) is 3. The third-order valence-electron chi connectivity index (χ3n) is 4.49. The number of piperidine rings is 1. The number of nitrogens with one attached hydrogen (secondary N) is 1. The van der Waals surface area contributed by atoms with Gasteiger partial charge in [-0.1, -0.05) is 42.8 Å². The molecule has 1 saturated heterocycles. The molecule has 0 atom stereocenters. The van der Waals surface area contributed by atoms with E-state index in [9.17, 15) is 0 Å². The summed E-state index contributed by atoms with van der Waals surface area (Å²) in [5.74, 6) is 0. The van der Waals surface area contributed by atoms with Crippen molar-refractivity contribution in [2.45, 2.75) is 38.9 Å². The van der Waals surface area contributed by atoms with Crippen molar-refractivity contribution in [2.24, 2.45) is 0 Å². The number of nitrogens with zero attached hydrogens (tertiary/aromatic N) is 1. The molecule has 3 N–H and O–H groups in total. The highest BCUT2D eigenvalue weighted by atomic mass is 15.1. The van der Waals surface area contributed by atoms with Gasteiger partial charge in [-0.3, -0.25) is 4.90 Å². The minimum absolute atomic E-state index is 0.825. The number of likely N-dealkylation sites (tertiary alicyclic amines) is 1. The molecule has 0 saturated carbocycles. The van der Waals surface area contributed by atoms with Crippen LogP contribution in [0.5, 0.6) is 0 Å². The van der Waals surface area contributed by atoms with Crippen LogP contribution in [0.2, 0.25) is 0 Å². The zero-order chi connectivity index (χ0) is 15.9. The van der Waals surface area contributed by atoms with Crippen LogP contribution >= 0.6 is 0 Å². The highest BCUT2D eigenvalue weighted by molar-refractivity contribution is 5.40. The summed E-state index contributed by atoms with van der Waals surface area (Å²) in [6, 6.07) is 17.1. The average Bonchev–Trinajstić information content (AvgIpc) is 2.58. The van der Waals surface area contributed by atoms with Crippen LogP contribution in [0, 0.1) is 0 Å². The maximum absolute atomic E-state index is 5.80. The van der Waals surface area contributed by atoms with Crippen LogP contribution in [0.25, 0.3) is 0 Å². The summed E-state index contributed by atoms with van der Waals surface area (Å²) in [5.41, 5.74) is 10.6. The number of anilines is 1. The molecule has 3 heteroatoms. The second kappa shape index (κ2) is 8.14. The molecule has 23 heavy (non-hydrogen) atoms. The van der Waals surface area contributed by atoms with Crippen molar-refractivity contribution >= 4 is 5.69 Å². The Labute approximate surface area is 139 Å². The molecule has 0 radical (unpaired) electrons. The van der Waals surface area contributed by atoms with Crippen molar-refractivity contribution in [3.63, 3.8) is 0 Å². The van der Waals surface area contributed by atoms with Crippen LogP contribution in [0.4, 0.5) is 5.69 Å². The molecule has 3 rings (SSSR count). The van der Waals surface area contributed by atoms with Gasteiger partial charge in [0.1, 0.15) is 0 Å². The lowest BCUT2D eigenvalue weighted by molar-refractivity contribution is 0.221. The lowest BCUT2D eigenvalue weighted by atomic mass is 10.1. The van der Waals surface area contributed by atoms with Crippen LogP contribution < -0.4 is 11.1 Å². The summed E-state index contributed by atoms with van der Waals surface area (Å²) in [7, 11) is 0. The highest BCUT2D eigenvalue weighted by Crippen LogP contribution is 2.14. The number of rotatable bonds is 6. The molecular weight excluding hydrogens is 282 g/mol. The van der Waals surface area contributed by atoms with Gasteiger partial charge in [-0.2, -0.15) is 0 Å². The van der Waals surface area contributed by atoms with Gasteiger partial charge in [0, 0.05) is 25.3 Å². The highest BCUT2D eigenvalue weighted by Gasteiger charge is 2.10. The lowest BCUT2D eigenvalue weighted by Gasteiger charge is -2.26. The molecule has 122 valence electrons. The van der Waals surface area contributed by atoms with Gasteiger partial charge in [-0.05, 0) is 54.8 Å². The quantitative estimate of drug-likeness (QED) is 0.802. The Bertz CT molecular complexity index is 601. The largest absolute Gasteiger partial charge is 0.399 e. The van der Waals surface area contributed by atoms with Crippen molar-refractivity contribution in [3.8, 4) is 0 Å². The van der Waals surface area contributed by atoms with Gasteiger partial charge >= 0.3 is 0 Å². The Morgan fingerprint density at radius 1 is 0.826 bits per heavy atom. The second-order valence-corrected chi connectivity index (χ2v) is 6.50. The molecule has 0 bridgehead atoms. The molecule has 1 aliphatic rings. The van der Waals surface area contributed by atoms with E-state index in [0.717, 1.165) is 25.3 Å². The standard InChI is InChI=1S/C20H27N3/c21-20-6-4-5-19(13-20)15-22-14-17-7-9-18(10-8-17)16-23-11-2-1-3-12-23/h4-10,13,22H,1-3,11-12,14-16,21H2. The molecule has 1 heterocycles. The predicted molar refractivity (Wildman–Crippen MR) is 97.0 cm³/mol. The van der Waals surface area contributed by atoms with E-state index in [1.54, 1.807) is 0 Å². The topological polar surface area (TPSA) is 41.3 Å². The monoisotopic (exact) mass is 309 g/mol. The van der Waals surface area contributed by atoms with Crippen LogP contribution in [0.3, 0.4) is 0 Å². The van der Waals surface area contributed by atoms with Gasteiger partial charge in [-0.25, -0.2) is 0 Å². The fourth-order valence-corrected chi connectivity index (χ4v) is 3.19. The minimum atomic E-state index is 0.825. The van der Waals surface area contributed by atoms with Crippen molar-refractivity contribution in [1.29, 1.82) is 0 Å². The van der Waals surface area contributed by atoms with E-state index in [2.05, 4.69) is 40.5 Å². The van der Waals surface area contributed by atoms with Crippen LogP contribution in [0.1, 0.15) is 36.0 Å². The Kier molecular flexibility index (Phi) is 5.67. The smallest absolute Gasteiger partial charge is 0.0317 e. The van der Waals surface area contributed by atoms with E-state index in [1.807, 2.05) is 18.2 Å². The number of nitrogens with two attached hydrogens (primary N) is 1. The zero-order valence-electron chi connectivity index (χ0n) is 13.8. The first-order chi connectivity index (χ1) is 11.3. The molecule has 0 aliphatic carbocycles. The van der Waals surface area contributed by atoms with E-state index in [4.69, 9.17) is 5.73 Å². The van der Waals surface area contributed by atoms with Gasteiger partial charge in [-0.15, -0.1) is 0 Å². The first kappa shape index (κ1) is 16.0. The molecule has 2 aromatic carbocycles. The summed E-state index contributed by atoms with van der Waals surface area (Å²) in [4.78, 5) is 2.57. The molecule has 1 fully saturated rings. The second-order valence-electron chi connectivity index (χ2n) is 6.50. The van der Waals surface area contributed by atoms with Crippen molar-refractivity contribution in [1.82, 2.24) is 10.2 Å². The number of nitrogen functional groups attached to an aromatic ring is 1. The number of hydrogen-bond donors (Lipinski definition) is 2. The molecule has 0 aromatic heterocycles. The van der Waals surface area contributed by atoms with Gasteiger partial charge in [0.15, 0.2) is 0 Å². The minimum Gasteiger partial charge on any atom is -0.399 e. The molecule has 0 amide bonds. The van der Waals surface area contributed by atoms with Crippen molar-refractivity contribution in [3.05, 3.63) is 65.2 Å². The number of benzene rings is 2. The SMILES string of the molecule is Nc1cccc(CNCc2ccc(CN3CCCCC3)cc2)c1. The first-order valence-electron chi connectivity index (χ1n) is 8.65. The van der Waals surface area contributed by atoms with E-state index in [-0.39, 0.29) is 0 Å². The predicted octanol–water partition coefficient (Wildman–Crippen LogP) is 3.54. The Morgan fingerprint density at radius 2 is 1.52 bits per heavy atom. The molecule has 0 unspecified atom stereocenters. The molecule has 2 aromatic rings. The fourth-order valence-electron chi connectivity index (χ4n) is 3.19. The summed E-state index contributed by atoms with van der Waals surface area (Å²) in [5, 5.41) is 3.48. The van der Waals surface area contributed by atoms with E-state index in [1.165, 1.54) is 49.0 Å². The molecule has 3 nitrogen and oxygen atoms in total. The Hall–Kier alpha value is -1.84. The molecule has 1 aliphatic heterocycles. The normalized spacial score (nSPS) is 15.7. The Morgan fingerprint density at radius 3 is 2.26 bits per heavy atom. The van der Waals surface area contributed by atoms with Gasteiger partial charge in [0.2, 0.25) is 0 Å². The van der Waals surface area contributed by atoms with E-state index < -0.39 is 0 Å². The van der Waals surface area contributed by atoms with Gasteiger partial charge in [0.25, 0.3) is 0 Å². The third-order valence-corrected chi connectivity index (χ3v) is 4.49. The van der Waals surface area contributed by atoms with Gasteiger partial charge in [0.05, 0.1) is 0 Å². The van der Waals surface area contributed by atoms with E-state index in [0.29, 0.717) is 0 Å². The van der Waals surface area contributed by atoms with Crippen LogP contribution in [-0.4, -0.2) is 18.0 Å². The van der Waals surface area contributed by atoms with Crippen LogP contribution in [0.15, 0.2) is 48.5 Å². The van der Waals surface area contributed by atoms with Crippen molar-refractivity contribution < 1.29 is 0 Å². The van der Waals surface area contributed by atoms with Crippen LogP contribution in [-0.2, 0) is 19.6 Å². The summed E-state index contributed by atoms with van der Waals surface area (Å²) in [6.45, 7) is 5.34. The molecule has 0 spiro atoms. The third kappa shape index (κ3) is 5.08. The zero-order valence-corrected chi connectivity index (χ0v) is 13.8. The Balaban J connectivity index is 1.45. The fraction of sp³-hybridized carbons (Fsp3) is 0.400. The van der Waals surface area contributed by atoms with Crippen molar-refractivity contribution in [2.75, 3.05) is 18.8 Å². The maximum atomic E-state index is 5.80. The average molecular weight is 309 g/mol. The summed E-state index contributed by atoms with van der Waals surface area (Å²) >= 11 is 0. The maximum Gasteiger partial charge on any atom is 0.0317 e. The van der Waals surface area contributed by atoms with Gasteiger partial charge < -0.3 is 11.1 Å². The van der Waals surface area contributed by atoms with E-state index >= 15 is 0 Å².